The van der Waals surface area contributed by atoms with Crippen LogP contribution in [0.4, 0.5) is 0 Å². The number of aliphatic hydroxyl groups excluding tert-OH is 1. The number of piperidine rings is 1. The van der Waals surface area contributed by atoms with Crippen LogP contribution in [0, 0.1) is 0 Å². The minimum absolute atomic E-state index is 0.00835. The third kappa shape index (κ3) is 5.02. The maximum atomic E-state index is 12.6. The minimum Gasteiger partial charge on any atom is -0.489 e. The van der Waals surface area contributed by atoms with E-state index in [0.29, 0.717) is 22.9 Å². The number of nitrogens with one attached hydrogen (secondary N) is 1. The second-order valence-electron chi connectivity index (χ2n) is 6.99. The number of amides is 1. The van der Waals surface area contributed by atoms with Crippen LogP contribution in [-0.4, -0.2) is 60.3 Å². The monoisotopic (exact) mass is 401 g/mol. The molecule has 0 aromatic heterocycles. The van der Waals surface area contributed by atoms with Crippen molar-refractivity contribution in [1.82, 2.24) is 10.2 Å². The van der Waals surface area contributed by atoms with Crippen molar-refractivity contribution in [3.63, 3.8) is 0 Å². The first-order chi connectivity index (χ1) is 12.5. The van der Waals surface area contributed by atoms with Crippen LogP contribution in [0.15, 0.2) is 12.1 Å². The summed E-state index contributed by atoms with van der Waals surface area (Å²) in [6.07, 6.45) is 3.09. The lowest BCUT2D eigenvalue weighted by Crippen LogP contribution is -2.43. The summed E-state index contributed by atoms with van der Waals surface area (Å²) in [5.41, 5.74) is 5.78. The van der Waals surface area contributed by atoms with Crippen LogP contribution in [0.3, 0.4) is 0 Å². The van der Waals surface area contributed by atoms with Gasteiger partial charge in [-0.2, -0.15) is 0 Å². The molecule has 1 saturated heterocycles. The number of hydrogen-bond donors (Lipinski definition) is 3. The summed E-state index contributed by atoms with van der Waals surface area (Å²) in [4.78, 5) is 14.7. The summed E-state index contributed by atoms with van der Waals surface area (Å²) in [6, 6.07) is 3.59. The van der Waals surface area contributed by atoms with Crippen LogP contribution in [0.25, 0.3) is 0 Å². The van der Waals surface area contributed by atoms with Crippen molar-refractivity contribution in [3.8, 4) is 5.75 Å². The Labute approximate surface area is 163 Å². The van der Waals surface area contributed by atoms with E-state index >= 15 is 0 Å². The molecule has 2 aliphatic rings. The summed E-state index contributed by atoms with van der Waals surface area (Å²) in [7, 11) is 0. The zero-order valence-electron chi connectivity index (χ0n) is 14.6. The van der Waals surface area contributed by atoms with Gasteiger partial charge in [-0.1, -0.05) is 23.2 Å². The first-order valence-electron chi connectivity index (χ1n) is 9.04. The van der Waals surface area contributed by atoms with Crippen molar-refractivity contribution in [2.75, 3.05) is 26.2 Å². The van der Waals surface area contributed by atoms with Gasteiger partial charge in [-0.3, -0.25) is 4.79 Å². The Kier molecular flexibility index (Phi) is 6.64. The van der Waals surface area contributed by atoms with Crippen LogP contribution in [0.1, 0.15) is 36.0 Å². The number of likely N-dealkylation sites (tertiary alicyclic amines) is 1. The Morgan fingerprint density at radius 2 is 2.00 bits per heavy atom. The maximum Gasteiger partial charge on any atom is 0.256 e. The molecule has 1 unspecified atom stereocenters. The molecule has 0 radical (unpaired) electrons. The Hall–Kier alpha value is -1.05. The summed E-state index contributed by atoms with van der Waals surface area (Å²) >= 11 is 12.4. The summed E-state index contributed by atoms with van der Waals surface area (Å²) in [6.45, 7) is 2.46. The van der Waals surface area contributed by atoms with Crippen molar-refractivity contribution in [1.29, 1.82) is 0 Å². The second kappa shape index (κ2) is 8.76. The van der Waals surface area contributed by atoms with E-state index in [1.165, 1.54) is 0 Å². The van der Waals surface area contributed by atoms with Gasteiger partial charge in [0.05, 0.1) is 16.1 Å². The fraction of sp³-hybridized carbons (Fsp3) is 0.611. The fourth-order valence-electron chi connectivity index (χ4n) is 3.09. The zero-order valence-corrected chi connectivity index (χ0v) is 16.1. The zero-order chi connectivity index (χ0) is 18.7. The molecule has 1 aromatic rings. The van der Waals surface area contributed by atoms with E-state index < -0.39 is 6.10 Å². The third-order valence-corrected chi connectivity index (χ3v) is 5.57. The molecule has 1 amide bonds. The van der Waals surface area contributed by atoms with Gasteiger partial charge in [0.2, 0.25) is 0 Å². The molecular formula is C18H25Cl2N3O3. The number of nitrogens with zero attached hydrogens (tertiary/aromatic N) is 1. The van der Waals surface area contributed by atoms with E-state index in [1.54, 1.807) is 12.1 Å². The molecule has 1 saturated carbocycles. The number of benzene rings is 1. The van der Waals surface area contributed by atoms with Crippen LogP contribution in [0.5, 0.6) is 5.75 Å². The Bertz CT molecular complexity index is 647. The lowest BCUT2D eigenvalue weighted by Gasteiger charge is -2.33. The number of ether oxygens (including phenoxy) is 1. The van der Waals surface area contributed by atoms with Gasteiger partial charge in [0.15, 0.2) is 0 Å². The molecule has 1 aliphatic heterocycles. The lowest BCUT2D eigenvalue weighted by atomic mass is 10.1. The van der Waals surface area contributed by atoms with Crippen molar-refractivity contribution in [3.05, 3.63) is 27.7 Å². The standard InChI is InChI=1S/C18H25Cl2N3O3/c19-14-3-4-15(16(17(14)20)18(25)22-11-1-2-11)26-13-5-7-23(8-6-13)10-12(24)9-21/h3-4,11-13,24H,1-2,5-10,21H2,(H,22,25). The van der Waals surface area contributed by atoms with Gasteiger partial charge in [0.25, 0.3) is 5.91 Å². The maximum absolute atomic E-state index is 12.6. The van der Waals surface area contributed by atoms with E-state index in [1.807, 2.05) is 0 Å². The van der Waals surface area contributed by atoms with Gasteiger partial charge in [-0.15, -0.1) is 0 Å². The van der Waals surface area contributed by atoms with E-state index in [0.717, 1.165) is 38.8 Å². The number of nitrogens with two attached hydrogens (primary N) is 1. The molecule has 1 atom stereocenters. The number of rotatable bonds is 7. The van der Waals surface area contributed by atoms with Crippen LogP contribution >= 0.6 is 23.2 Å². The van der Waals surface area contributed by atoms with Crippen LogP contribution in [0.2, 0.25) is 10.0 Å². The minimum atomic E-state index is -0.500. The predicted molar refractivity (Wildman–Crippen MR) is 102 cm³/mol. The average molecular weight is 402 g/mol. The highest BCUT2D eigenvalue weighted by Gasteiger charge is 2.29. The first kappa shape index (κ1) is 19.7. The molecule has 26 heavy (non-hydrogen) atoms. The molecule has 1 heterocycles. The molecule has 8 heteroatoms. The molecular weight excluding hydrogens is 377 g/mol. The van der Waals surface area contributed by atoms with Crippen LogP contribution < -0.4 is 15.8 Å². The van der Waals surface area contributed by atoms with Crippen molar-refractivity contribution in [2.45, 2.75) is 43.9 Å². The quantitative estimate of drug-likeness (QED) is 0.650. The van der Waals surface area contributed by atoms with Gasteiger partial charge in [-0.05, 0) is 37.8 Å². The van der Waals surface area contributed by atoms with Gasteiger partial charge < -0.3 is 25.8 Å². The highest BCUT2D eigenvalue weighted by molar-refractivity contribution is 6.44. The fourth-order valence-corrected chi connectivity index (χ4v) is 3.49. The van der Waals surface area contributed by atoms with Gasteiger partial charge in [-0.25, -0.2) is 0 Å². The summed E-state index contributed by atoms with van der Waals surface area (Å²) < 4.78 is 6.11. The molecule has 3 rings (SSSR count). The van der Waals surface area contributed by atoms with Crippen molar-refractivity contribution in [2.24, 2.45) is 5.73 Å². The molecule has 0 bridgehead atoms. The number of halogens is 2. The number of carbonyl (C=O) groups is 1. The number of aliphatic hydroxyl groups is 1. The average Bonchev–Trinajstić information content (AvgIpc) is 3.43. The number of hydrogen-bond acceptors (Lipinski definition) is 5. The SMILES string of the molecule is NCC(O)CN1CCC(Oc2ccc(Cl)c(Cl)c2C(=O)NC2CC2)CC1. The number of β-amino-alcohol motifs (C(OH)–C–C–N with tert-alkyl or cyclic N) is 1. The van der Waals surface area contributed by atoms with E-state index in [4.69, 9.17) is 33.7 Å². The summed E-state index contributed by atoms with van der Waals surface area (Å²) in [5, 5.41) is 13.2. The first-order valence-corrected chi connectivity index (χ1v) is 9.79. The molecule has 0 spiro atoms. The Balaban J connectivity index is 1.64. The topological polar surface area (TPSA) is 87.8 Å². The van der Waals surface area contributed by atoms with Gasteiger partial charge >= 0.3 is 0 Å². The Morgan fingerprint density at radius 1 is 1.31 bits per heavy atom. The van der Waals surface area contributed by atoms with Gasteiger partial charge in [0, 0.05) is 32.2 Å². The molecule has 1 aromatic carbocycles. The molecule has 2 fully saturated rings. The Morgan fingerprint density at radius 3 is 2.62 bits per heavy atom. The van der Waals surface area contributed by atoms with Gasteiger partial charge in [0.1, 0.15) is 17.4 Å². The van der Waals surface area contributed by atoms with Crippen molar-refractivity contribution < 1.29 is 14.6 Å². The molecule has 6 nitrogen and oxygen atoms in total. The number of carbonyl (C=O) groups excluding carboxylic acids is 1. The van der Waals surface area contributed by atoms with E-state index in [2.05, 4.69) is 10.2 Å². The normalized spacial score (nSPS) is 20.0. The third-order valence-electron chi connectivity index (χ3n) is 4.77. The molecule has 144 valence electrons. The smallest absolute Gasteiger partial charge is 0.256 e. The van der Waals surface area contributed by atoms with E-state index in [9.17, 15) is 9.90 Å². The lowest BCUT2D eigenvalue weighted by molar-refractivity contribution is 0.0633. The van der Waals surface area contributed by atoms with Crippen LogP contribution in [-0.2, 0) is 0 Å². The van der Waals surface area contributed by atoms with E-state index in [-0.39, 0.29) is 29.6 Å². The molecule has 4 N–H and O–H groups in total. The molecule has 1 aliphatic carbocycles. The largest absolute Gasteiger partial charge is 0.489 e. The van der Waals surface area contributed by atoms with Crippen molar-refractivity contribution >= 4 is 29.1 Å². The highest BCUT2D eigenvalue weighted by atomic mass is 35.5. The second-order valence-corrected chi connectivity index (χ2v) is 7.77. The summed E-state index contributed by atoms with van der Waals surface area (Å²) in [5.74, 6) is 0.233. The predicted octanol–water partition coefficient (Wildman–Crippen LogP) is 2.05. The highest BCUT2D eigenvalue weighted by Crippen LogP contribution is 2.35.